The molecule has 5 nitrogen and oxygen atoms in total. The molecule has 2 aromatic carbocycles. The zero-order chi connectivity index (χ0) is 25.2. The van der Waals surface area contributed by atoms with Crippen molar-refractivity contribution in [3.63, 3.8) is 0 Å². The highest BCUT2D eigenvalue weighted by Gasteiger charge is 2.31. The van der Waals surface area contributed by atoms with Crippen LogP contribution in [0.15, 0.2) is 73.1 Å². The van der Waals surface area contributed by atoms with Crippen LogP contribution in [-0.4, -0.2) is 15.0 Å². The molecule has 6 rings (SSSR count). The Labute approximate surface area is 211 Å². The molecule has 5 heteroatoms. The van der Waals surface area contributed by atoms with Gasteiger partial charge in [0.25, 0.3) is 0 Å². The predicted octanol–water partition coefficient (Wildman–Crippen LogP) is 8.35. The van der Waals surface area contributed by atoms with Gasteiger partial charge in [0.1, 0.15) is 0 Å². The fourth-order valence-corrected chi connectivity index (χ4v) is 4.81. The second kappa shape index (κ2) is 7.76. The lowest BCUT2D eigenvalue weighted by molar-refractivity contribution is 0.469. The molecule has 0 unspecified atom stereocenters. The number of benzene rings is 2. The zero-order valence-corrected chi connectivity index (χ0v) is 21.6. The quantitative estimate of drug-likeness (QED) is 0.224. The van der Waals surface area contributed by atoms with Crippen LogP contribution in [-0.2, 0) is 10.8 Å². The second-order valence-corrected chi connectivity index (χ2v) is 11.5. The topological polar surface area (TPSA) is 51.1 Å². The number of hydrogen-bond acceptors (Lipinski definition) is 5. The Morgan fingerprint density at radius 1 is 0.639 bits per heavy atom. The average Bonchev–Trinajstić information content (AvgIpc) is 2.84. The Bertz CT molecular complexity index is 1530. The van der Waals surface area contributed by atoms with E-state index in [1.54, 1.807) is 12.4 Å². The Morgan fingerprint density at radius 3 is 1.56 bits per heavy atom. The molecule has 0 saturated heterocycles. The van der Waals surface area contributed by atoms with E-state index in [-0.39, 0.29) is 10.8 Å². The Morgan fingerprint density at radius 2 is 1.11 bits per heavy atom. The molecular weight excluding hydrogens is 444 g/mol. The van der Waals surface area contributed by atoms with Gasteiger partial charge in [-0.25, -0.2) is 15.0 Å². The molecule has 1 aliphatic rings. The first-order chi connectivity index (χ1) is 17.1. The third-order valence-electron chi connectivity index (χ3n) is 6.87. The van der Waals surface area contributed by atoms with E-state index in [2.05, 4.69) is 105 Å². The molecule has 36 heavy (non-hydrogen) atoms. The molecule has 0 fully saturated rings. The zero-order valence-electron chi connectivity index (χ0n) is 21.6. The Kier molecular flexibility index (Phi) is 4.84. The number of pyridine rings is 3. The number of ether oxygens (including phenoxy) is 1. The first kappa shape index (κ1) is 22.5. The highest BCUT2D eigenvalue weighted by Crippen LogP contribution is 2.54. The lowest BCUT2D eigenvalue weighted by Crippen LogP contribution is -2.20. The first-order valence-corrected chi connectivity index (χ1v) is 12.4. The van der Waals surface area contributed by atoms with Crippen LogP contribution in [0.5, 0.6) is 11.5 Å². The minimum Gasteiger partial charge on any atom is -0.453 e. The van der Waals surface area contributed by atoms with Gasteiger partial charge >= 0.3 is 0 Å². The molecular formula is C31H30N4O. The molecule has 5 aromatic rings. The SMILES string of the molecule is CC(C)(C)c1ccc2c(c1)Oc1cc(C(C)(C)C)ccc1N2c1c2cccnc2nc2ncccc12. The van der Waals surface area contributed by atoms with Crippen LogP contribution >= 0.6 is 0 Å². The van der Waals surface area contributed by atoms with E-state index in [1.807, 2.05) is 12.1 Å². The van der Waals surface area contributed by atoms with Crippen LogP contribution in [0, 0.1) is 0 Å². The van der Waals surface area contributed by atoms with E-state index < -0.39 is 0 Å². The molecule has 0 bridgehead atoms. The summed E-state index contributed by atoms with van der Waals surface area (Å²) >= 11 is 0. The van der Waals surface area contributed by atoms with Gasteiger partial charge < -0.3 is 9.64 Å². The summed E-state index contributed by atoms with van der Waals surface area (Å²) in [5, 5.41) is 1.94. The summed E-state index contributed by atoms with van der Waals surface area (Å²) in [6.07, 6.45) is 3.56. The number of fused-ring (bicyclic) bond motifs is 4. The summed E-state index contributed by atoms with van der Waals surface area (Å²) < 4.78 is 6.64. The third kappa shape index (κ3) is 3.58. The van der Waals surface area contributed by atoms with E-state index in [9.17, 15) is 0 Å². The van der Waals surface area contributed by atoms with E-state index >= 15 is 0 Å². The van der Waals surface area contributed by atoms with E-state index in [1.165, 1.54) is 11.1 Å². The van der Waals surface area contributed by atoms with E-state index in [4.69, 9.17) is 9.72 Å². The molecule has 0 amide bonds. The minimum absolute atomic E-state index is 0.000650. The lowest BCUT2D eigenvalue weighted by atomic mass is 9.86. The number of hydrogen-bond donors (Lipinski definition) is 0. The largest absolute Gasteiger partial charge is 0.453 e. The van der Waals surface area contributed by atoms with Gasteiger partial charge in [0.15, 0.2) is 22.8 Å². The number of nitrogens with zero attached hydrogens (tertiary/aromatic N) is 4. The van der Waals surface area contributed by atoms with Gasteiger partial charge in [-0.05, 0) is 70.5 Å². The molecule has 0 N–H and O–H groups in total. The van der Waals surface area contributed by atoms with Crippen LogP contribution in [0.25, 0.3) is 22.1 Å². The molecule has 180 valence electrons. The molecule has 0 radical (unpaired) electrons. The molecule has 0 saturated carbocycles. The monoisotopic (exact) mass is 474 g/mol. The van der Waals surface area contributed by atoms with E-state index in [0.29, 0.717) is 11.3 Å². The second-order valence-electron chi connectivity index (χ2n) is 11.5. The van der Waals surface area contributed by atoms with Gasteiger partial charge in [0.2, 0.25) is 0 Å². The predicted molar refractivity (Wildman–Crippen MR) is 147 cm³/mol. The number of anilines is 3. The van der Waals surface area contributed by atoms with Gasteiger partial charge in [0, 0.05) is 23.2 Å². The van der Waals surface area contributed by atoms with Crippen molar-refractivity contribution in [1.29, 1.82) is 0 Å². The van der Waals surface area contributed by atoms with E-state index in [0.717, 1.165) is 39.3 Å². The summed E-state index contributed by atoms with van der Waals surface area (Å²) in [5.41, 5.74) is 6.78. The van der Waals surface area contributed by atoms with Crippen LogP contribution in [0.3, 0.4) is 0 Å². The van der Waals surface area contributed by atoms with Gasteiger partial charge in [-0.15, -0.1) is 0 Å². The van der Waals surface area contributed by atoms with Crippen molar-refractivity contribution in [3.05, 3.63) is 84.2 Å². The van der Waals surface area contributed by atoms with Crippen LogP contribution in [0.4, 0.5) is 17.1 Å². The van der Waals surface area contributed by atoms with Crippen LogP contribution < -0.4 is 9.64 Å². The fraction of sp³-hybridized carbons (Fsp3) is 0.258. The minimum atomic E-state index is 0.000650. The molecule has 0 spiro atoms. The van der Waals surface area contributed by atoms with Gasteiger partial charge in [0.05, 0.1) is 17.1 Å². The standard InChI is InChI=1S/C31H30N4O/c1-30(2,3)19-11-13-23-25(17-19)36-26-18-20(31(4,5)6)12-14-24(26)35(23)27-21-9-7-15-32-28(21)34-29-22(27)10-8-16-33-29/h7-18H,1-6H3. The Balaban J connectivity index is 1.71. The van der Waals surface area contributed by atoms with Crippen LogP contribution in [0.2, 0.25) is 0 Å². The van der Waals surface area contributed by atoms with Crippen molar-refractivity contribution in [2.45, 2.75) is 52.4 Å². The summed E-state index contributed by atoms with van der Waals surface area (Å²) in [4.78, 5) is 16.2. The van der Waals surface area contributed by atoms with Crippen molar-refractivity contribution in [2.24, 2.45) is 0 Å². The van der Waals surface area contributed by atoms with Crippen molar-refractivity contribution >= 4 is 39.1 Å². The number of rotatable bonds is 1. The third-order valence-corrected chi connectivity index (χ3v) is 6.87. The van der Waals surface area contributed by atoms with Crippen molar-refractivity contribution in [3.8, 4) is 11.5 Å². The molecule has 4 heterocycles. The highest BCUT2D eigenvalue weighted by molar-refractivity contribution is 6.10. The lowest BCUT2D eigenvalue weighted by Gasteiger charge is -2.35. The summed E-state index contributed by atoms with van der Waals surface area (Å²) in [6.45, 7) is 13.3. The highest BCUT2D eigenvalue weighted by atomic mass is 16.5. The summed E-state index contributed by atoms with van der Waals surface area (Å²) in [5.74, 6) is 1.68. The molecule has 0 atom stereocenters. The molecule has 1 aliphatic heterocycles. The summed E-state index contributed by atoms with van der Waals surface area (Å²) in [6, 6.07) is 21.2. The summed E-state index contributed by atoms with van der Waals surface area (Å²) in [7, 11) is 0. The van der Waals surface area contributed by atoms with Gasteiger partial charge in [-0.2, -0.15) is 0 Å². The van der Waals surface area contributed by atoms with Crippen molar-refractivity contribution in [2.75, 3.05) is 4.90 Å². The molecule has 0 aliphatic carbocycles. The number of aromatic nitrogens is 3. The maximum absolute atomic E-state index is 6.64. The normalized spacial score (nSPS) is 13.4. The van der Waals surface area contributed by atoms with Crippen molar-refractivity contribution < 1.29 is 4.74 Å². The van der Waals surface area contributed by atoms with Crippen molar-refractivity contribution in [1.82, 2.24) is 15.0 Å². The van der Waals surface area contributed by atoms with Gasteiger partial charge in [-0.1, -0.05) is 53.7 Å². The smallest absolute Gasteiger partial charge is 0.163 e. The van der Waals surface area contributed by atoms with Crippen LogP contribution in [0.1, 0.15) is 52.7 Å². The Hall–Kier alpha value is -3.99. The first-order valence-electron chi connectivity index (χ1n) is 12.4. The maximum Gasteiger partial charge on any atom is 0.163 e. The van der Waals surface area contributed by atoms with Gasteiger partial charge in [-0.3, -0.25) is 0 Å². The fourth-order valence-electron chi connectivity index (χ4n) is 4.81. The maximum atomic E-state index is 6.64. The average molecular weight is 475 g/mol. The molecule has 3 aromatic heterocycles.